The molecule has 33 heavy (non-hydrogen) atoms. The van der Waals surface area contributed by atoms with Crippen LogP contribution < -0.4 is 0 Å². The van der Waals surface area contributed by atoms with Crippen molar-refractivity contribution < 1.29 is 23.1 Å². The highest BCUT2D eigenvalue weighted by molar-refractivity contribution is 7.93. The van der Waals surface area contributed by atoms with Gasteiger partial charge >= 0.3 is 5.97 Å². The molecule has 1 N–H and O–H groups in total. The molecule has 0 aliphatic carbocycles. The third-order valence-electron chi connectivity index (χ3n) is 6.58. The predicted molar refractivity (Wildman–Crippen MR) is 129 cm³/mol. The molecular weight excluding hydrogens is 438 g/mol. The number of hydrogen-bond donors (Lipinski definition) is 1. The molecule has 180 valence electrons. The summed E-state index contributed by atoms with van der Waals surface area (Å²) in [5, 5.41) is 10.0. The van der Waals surface area contributed by atoms with Crippen LogP contribution in [-0.2, 0) is 25.8 Å². The van der Waals surface area contributed by atoms with Crippen molar-refractivity contribution in [2.75, 3.05) is 6.61 Å². The average molecular weight is 474 g/mol. The molecule has 2 heterocycles. The maximum absolute atomic E-state index is 13.6. The standard InChI is InChI=1S/C26H35NO5S/c1-5-6-7-8-19-9-11-20(12-10-19)22-14-13-21(18-27-22)33(30,31)26(24(28)29)15-16-32-23(17-26)25(2,3)4/h9-14,18,23H,5-8,15-17H2,1-4H3,(H,28,29). The number of aryl methyl sites for hydroxylation is 1. The molecule has 1 fully saturated rings. The molecule has 2 aromatic rings. The normalized spacial score (nSPS) is 21.6. The second-order valence-corrected chi connectivity index (χ2v) is 12.3. The van der Waals surface area contributed by atoms with Crippen LogP contribution in [-0.4, -0.2) is 41.9 Å². The molecule has 0 saturated carbocycles. The fourth-order valence-electron chi connectivity index (χ4n) is 4.29. The Morgan fingerprint density at radius 3 is 2.39 bits per heavy atom. The van der Waals surface area contributed by atoms with Crippen LogP contribution >= 0.6 is 0 Å². The second-order valence-electron chi connectivity index (χ2n) is 10.0. The van der Waals surface area contributed by atoms with Crippen molar-refractivity contribution in [1.29, 1.82) is 0 Å². The summed E-state index contributed by atoms with van der Waals surface area (Å²) < 4.78 is 31.0. The van der Waals surface area contributed by atoms with Crippen LogP contribution in [0, 0.1) is 5.41 Å². The Labute approximate surface area is 197 Å². The van der Waals surface area contributed by atoms with Gasteiger partial charge in [0.1, 0.15) is 0 Å². The number of hydrogen-bond acceptors (Lipinski definition) is 5. The van der Waals surface area contributed by atoms with Gasteiger partial charge in [0.05, 0.1) is 16.7 Å². The molecule has 0 radical (unpaired) electrons. The molecule has 1 aromatic heterocycles. The SMILES string of the molecule is CCCCCc1ccc(-c2ccc(S(=O)(=O)C3(C(=O)O)CCOC(C(C)(C)C)C3)cn2)cc1. The Bertz CT molecular complexity index is 1060. The average Bonchev–Trinajstić information content (AvgIpc) is 2.79. The summed E-state index contributed by atoms with van der Waals surface area (Å²) in [5.41, 5.74) is 2.44. The van der Waals surface area contributed by atoms with Gasteiger partial charge in [0, 0.05) is 31.2 Å². The number of sulfone groups is 1. The summed E-state index contributed by atoms with van der Waals surface area (Å²) in [5.74, 6) is -1.33. The predicted octanol–water partition coefficient (Wildman–Crippen LogP) is 5.30. The zero-order valence-electron chi connectivity index (χ0n) is 20.0. The number of aliphatic carboxylic acids is 1. The van der Waals surface area contributed by atoms with Gasteiger partial charge in [-0.2, -0.15) is 0 Å². The number of benzene rings is 1. The Kier molecular flexibility index (Phi) is 7.64. The van der Waals surface area contributed by atoms with E-state index in [9.17, 15) is 18.3 Å². The van der Waals surface area contributed by atoms with Crippen molar-refractivity contribution in [3.8, 4) is 11.3 Å². The molecule has 1 aliphatic heterocycles. The third kappa shape index (κ3) is 5.30. The van der Waals surface area contributed by atoms with Gasteiger partial charge in [-0.25, -0.2) is 8.42 Å². The first-order chi connectivity index (χ1) is 15.5. The van der Waals surface area contributed by atoms with Crippen molar-refractivity contribution in [1.82, 2.24) is 4.98 Å². The minimum atomic E-state index is -4.18. The van der Waals surface area contributed by atoms with Crippen molar-refractivity contribution in [2.24, 2.45) is 5.41 Å². The van der Waals surface area contributed by atoms with E-state index in [1.165, 1.54) is 30.7 Å². The van der Waals surface area contributed by atoms with Crippen LogP contribution in [0.15, 0.2) is 47.5 Å². The van der Waals surface area contributed by atoms with Gasteiger partial charge in [-0.3, -0.25) is 9.78 Å². The van der Waals surface area contributed by atoms with E-state index in [-0.39, 0.29) is 29.8 Å². The van der Waals surface area contributed by atoms with E-state index < -0.39 is 26.7 Å². The lowest BCUT2D eigenvalue weighted by Crippen LogP contribution is -2.55. The lowest BCUT2D eigenvalue weighted by molar-refractivity contribution is -0.147. The first-order valence-corrected chi connectivity index (χ1v) is 13.1. The molecule has 0 amide bonds. The Morgan fingerprint density at radius 2 is 1.85 bits per heavy atom. The van der Waals surface area contributed by atoms with Crippen LogP contribution in [0.4, 0.5) is 0 Å². The maximum atomic E-state index is 13.6. The molecule has 0 spiro atoms. The number of carboxylic acids is 1. The summed E-state index contributed by atoms with van der Waals surface area (Å²) >= 11 is 0. The summed E-state index contributed by atoms with van der Waals surface area (Å²) in [6.07, 6.45) is 5.23. The fourth-order valence-corrected chi connectivity index (χ4v) is 6.14. The van der Waals surface area contributed by atoms with Crippen molar-refractivity contribution in [3.05, 3.63) is 48.2 Å². The number of carboxylic acid groups (broad SMARTS) is 1. The Balaban J connectivity index is 1.86. The van der Waals surface area contributed by atoms with Gasteiger partial charge in [-0.1, -0.05) is 64.8 Å². The largest absolute Gasteiger partial charge is 0.480 e. The van der Waals surface area contributed by atoms with Crippen molar-refractivity contribution in [3.63, 3.8) is 0 Å². The van der Waals surface area contributed by atoms with Crippen molar-refractivity contribution >= 4 is 15.8 Å². The lowest BCUT2D eigenvalue weighted by Gasteiger charge is -2.42. The molecule has 7 heteroatoms. The van der Waals surface area contributed by atoms with Crippen LogP contribution in [0.25, 0.3) is 11.3 Å². The summed E-state index contributed by atoms with van der Waals surface area (Å²) in [6, 6.07) is 11.2. The first kappa shape index (κ1) is 25.4. The molecular formula is C26H35NO5S. The number of ether oxygens (including phenoxy) is 1. The van der Waals surface area contributed by atoms with E-state index in [1.807, 2.05) is 32.9 Å². The molecule has 2 unspecified atom stereocenters. The van der Waals surface area contributed by atoms with Gasteiger partial charge in [0.15, 0.2) is 14.6 Å². The first-order valence-electron chi connectivity index (χ1n) is 11.7. The van der Waals surface area contributed by atoms with E-state index in [0.29, 0.717) is 5.69 Å². The van der Waals surface area contributed by atoms with E-state index in [4.69, 9.17) is 4.74 Å². The summed E-state index contributed by atoms with van der Waals surface area (Å²) in [4.78, 5) is 16.6. The second kappa shape index (κ2) is 9.94. The van der Waals surface area contributed by atoms with Crippen LogP contribution in [0.3, 0.4) is 0 Å². The Morgan fingerprint density at radius 1 is 1.15 bits per heavy atom. The summed E-state index contributed by atoms with van der Waals surface area (Å²) in [6.45, 7) is 8.04. The highest BCUT2D eigenvalue weighted by atomic mass is 32.2. The van der Waals surface area contributed by atoms with E-state index in [2.05, 4.69) is 24.0 Å². The molecule has 1 aliphatic rings. The number of rotatable bonds is 8. The summed E-state index contributed by atoms with van der Waals surface area (Å²) in [7, 11) is -4.18. The third-order valence-corrected chi connectivity index (χ3v) is 9.01. The van der Waals surface area contributed by atoms with E-state index >= 15 is 0 Å². The van der Waals surface area contributed by atoms with Crippen molar-refractivity contribution in [2.45, 2.75) is 82.0 Å². The highest BCUT2D eigenvalue weighted by Crippen LogP contribution is 2.42. The number of carbonyl (C=O) groups is 1. The molecule has 6 nitrogen and oxygen atoms in total. The van der Waals surface area contributed by atoms with Gasteiger partial charge < -0.3 is 9.84 Å². The lowest BCUT2D eigenvalue weighted by atomic mass is 9.80. The number of unbranched alkanes of at least 4 members (excludes halogenated alkanes) is 2. The van der Waals surface area contributed by atoms with Gasteiger partial charge in [-0.05, 0) is 36.0 Å². The topological polar surface area (TPSA) is 93.6 Å². The number of nitrogens with zero attached hydrogens (tertiary/aromatic N) is 1. The zero-order valence-corrected chi connectivity index (χ0v) is 20.8. The monoisotopic (exact) mass is 473 g/mol. The highest BCUT2D eigenvalue weighted by Gasteiger charge is 2.56. The van der Waals surface area contributed by atoms with Gasteiger partial charge in [0.2, 0.25) is 0 Å². The fraction of sp³-hybridized carbons (Fsp3) is 0.538. The van der Waals surface area contributed by atoms with Crippen LogP contribution in [0.5, 0.6) is 0 Å². The zero-order chi connectivity index (χ0) is 24.3. The number of aromatic nitrogens is 1. The van der Waals surface area contributed by atoms with E-state index in [1.54, 1.807) is 6.07 Å². The minimum Gasteiger partial charge on any atom is -0.480 e. The van der Waals surface area contributed by atoms with E-state index in [0.717, 1.165) is 18.4 Å². The minimum absolute atomic E-state index is 0.0700. The Hall–Kier alpha value is -2.25. The van der Waals surface area contributed by atoms with Crippen LogP contribution in [0.1, 0.15) is 65.4 Å². The smallest absolute Gasteiger partial charge is 0.325 e. The maximum Gasteiger partial charge on any atom is 0.325 e. The number of pyridine rings is 1. The molecule has 1 aromatic carbocycles. The molecule has 2 atom stereocenters. The molecule has 1 saturated heterocycles. The molecule has 3 rings (SSSR count). The molecule has 0 bridgehead atoms. The van der Waals surface area contributed by atoms with Gasteiger partial charge in [0.25, 0.3) is 0 Å². The van der Waals surface area contributed by atoms with Crippen LogP contribution in [0.2, 0.25) is 0 Å². The van der Waals surface area contributed by atoms with Gasteiger partial charge in [-0.15, -0.1) is 0 Å². The quantitative estimate of drug-likeness (QED) is 0.523.